The fraction of sp³-hybridized carbons (Fsp3) is 0.353. The lowest BCUT2D eigenvalue weighted by molar-refractivity contribution is -0.147. The Bertz CT molecular complexity index is 776. The van der Waals surface area contributed by atoms with Crippen LogP contribution in [0.4, 0.5) is 11.8 Å². The van der Waals surface area contributed by atoms with Crippen LogP contribution < -0.4 is 10.6 Å². The smallest absolute Gasteiger partial charge is 0.327 e. The molecule has 2 aromatic rings. The van der Waals surface area contributed by atoms with Gasteiger partial charge < -0.3 is 15.4 Å². The first kappa shape index (κ1) is 18.7. The molecule has 0 unspecified atom stereocenters. The van der Waals surface area contributed by atoms with Crippen molar-refractivity contribution in [2.24, 2.45) is 0 Å². The van der Waals surface area contributed by atoms with Gasteiger partial charge in [0.25, 0.3) is 0 Å². The Kier molecular flexibility index (Phi) is 5.80. The number of nitrogens with zero attached hydrogens (tertiary/aromatic N) is 4. The number of anilines is 2. The van der Waals surface area contributed by atoms with Crippen LogP contribution in [0.1, 0.15) is 11.6 Å². The third-order valence-corrected chi connectivity index (χ3v) is 4.86. The zero-order valence-corrected chi connectivity index (χ0v) is 15.7. The average molecular weight is 396 g/mol. The molecule has 0 aliphatic carbocycles. The maximum Gasteiger partial charge on any atom is 0.327 e. The summed E-state index contributed by atoms with van der Waals surface area (Å²) in [6.45, 7) is 2.58. The number of methoxy groups -OCH3 is 1. The average Bonchev–Trinajstić information content (AvgIpc) is 2.63. The van der Waals surface area contributed by atoms with Crippen LogP contribution in [0.25, 0.3) is 0 Å². The Labute approximate surface area is 161 Å². The van der Waals surface area contributed by atoms with E-state index < -0.39 is 6.04 Å². The topological polar surface area (TPSA) is 84.6 Å². The number of nitrogens with two attached hydrogens (primary N) is 1. The summed E-state index contributed by atoms with van der Waals surface area (Å²) in [6, 6.07) is 8.45. The third-order valence-electron chi connectivity index (χ3n) is 4.33. The summed E-state index contributed by atoms with van der Waals surface area (Å²) in [7, 11) is 1.38. The first-order valence-corrected chi connectivity index (χ1v) is 8.86. The first-order chi connectivity index (χ1) is 12.5. The maximum absolute atomic E-state index is 12.4. The molecule has 1 saturated heterocycles. The standard InChI is InChI=1S/C17H19Cl2N5O2/c1-26-16(25)15(11-4-2-3-5-12(11)18)24-8-6-23(7-9-24)14-10-13(19)21-17(20)22-14/h2-5,10,15H,6-9H2,1H3,(H2,20,21,22)/t15-/m0/s1. The van der Waals surface area contributed by atoms with E-state index in [9.17, 15) is 4.79 Å². The predicted octanol–water partition coefficient (Wildman–Crippen LogP) is 2.40. The van der Waals surface area contributed by atoms with Gasteiger partial charge in [-0.1, -0.05) is 41.4 Å². The zero-order chi connectivity index (χ0) is 18.7. The number of nitrogen functional groups attached to an aromatic ring is 1. The van der Waals surface area contributed by atoms with Crippen LogP contribution in [0.3, 0.4) is 0 Å². The second-order valence-corrected chi connectivity index (χ2v) is 6.67. The van der Waals surface area contributed by atoms with Gasteiger partial charge in [-0.05, 0) is 11.6 Å². The summed E-state index contributed by atoms with van der Waals surface area (Å²) in [6.07, 6.45) is 0. The largest absolute Gasteiger partial charge is 0.468 e. The normalized spacial score (nSPS) is 16.3. The monoisotopic (exact) mass is 395 g/mol. The van der Waals surface area contributed by atoms with Crippen molar-refractivity contribution in [3.63, 3.8) is 0 Å². The van der Waals surface area contributed by atoms with Gasteiger partial charge in [-0.3, -0.25) is 4.90 Å². The van der Waals surface area contributed by atoms with Crippen LogP contribution in [-0.4, -0.2) is 54.1 Å². The minimum absolute atomic E-state index is 0.137. The molecule has 0 saturated carbocycles. The van der Waals surface area contributed by atoms with Gasteiger partial charge in [0.1, 0.15) is 17.0 Å². The van der Waals surface area contributed by atoms with E-state index in [4.69, 9.17) is 33.7 Å². The van der Waals surface area contributed by atoms with Crippen LogP contribution >= 0.6 is 23.2 Å². The minimum Gasteiger partial charge on any atom is -0.468 e. The molecule has 0 radical (unpaired) electrons. The number of carbonyl (C=O) groups excluding carboxylic acids is 1. The number of benzene rings is 1. The zero-order valence-electron chi connectivity index (χ0n) is 14.2. The fourth-order valence-electron chi connectivity index (χ4n) is 3.08. The molecule has 1 fully saturated rings. The van der Waals surface area contributed by atoms with Gasteiger partial charge in [0.05, 0.1) is 7.11 Å². The first-order valence-electron chi connectivity index (χ1n) is 8.11. The van der Waals surface area contributed by atoms with Crippen molar-refractivity contribution in [2.75, 3.05) is 43.9 Å². The highest BCUT2D eigenvalue weighted by Crippen LogP contribution is 2.30. The Morgan fingerprint density at radius 1 is 1.19 bits per heavy atom. The molecule has 1 aromatic carbocycles. The molecule has 1 aliphatic heterocycles. The molecule has 0 spiro atoms. The second-order valence-electron chi connectivity index (χ2n) is 5.88. The number of esters is 1. The van der Waals surface area contributed by atoms with Crippen molar-refractivity contribution < 1.29 is 9.53 Å². The molecule has 1 aromatic heterocycles. The lowest BCUT2D eigenvalue weighted by atomic mass is 10.0. The highest BCUT2D eigenvalue weighted by molar-refractivity contribution is 6.31. The van der Waals surface area contributed by atoms with Crippen molar-refractivity contribution in [1.29, 1.82) is 0 Å². The molecular formula is C17H19Cl2N5O2. The van der Waals surface area contributed by atoms with Crippen molar-refractivity contribution in [2.45, 2.75) is 6.04 Å². The number of aromatic nitrogens is 2. The molecule has 0 amide bonds. The number of rotatable bonds is 4. The van der Waals surface area contributed by atoms with E-state index in [-0.39, 0.29) is 11.9 Å². The summed E-state index contributed by atoms with van der Waals surface area (Å²) in [5.74, 6) is 0.480. The van der Waals surface area contributed by atoms with Gasteiger partial charge in [0.2, 0.25) is 5.95 Å². The maximum atomic E-state index is 12.4. The number of carbonyl (C=O) groups is 1. The van der Waals surface area contributed by atoms with Crippen LogP contribution in [0, 0.1) is 0 Å². The van der Waals surface area contributed by atoms with Crippen molar-refractivity contribution >= 4 is 40.9 Å². The Morgan fingerprint density at radius 3 is 2.50 bits per heavy atom. The lowest BCUT2D eigenvalue weighted by Gasteiger charge is -2.38. The molecule has 2 N–H and O–H groups in total. The molecule has 7 nitrogen and oxygen atoms in total. The van der Waals surface area contributed by atoms with Gasteiger partial charge in [-0.2, -0.15) is 4.98 Å². The summed E-state index contributed by atoms with van der Waals surface area (Å²) in [5.41, 5.74) is 6.41. The van der Waals surface area contributed by atoms with Crippen molar-refractivity contribution in [3.8, 4) is 0 Å². The number of piperazine rings is 1. The van der Waals surface area contributed by atoms with Gasteiger partial charge in [-0.25, -0.2) is 9.78 Å². The molecule has 1 aliphatic rings. The quantitative estimate of drug-likeness (QED) is 0.628. The summed E-state index contributed by atoms with van der Waals surface area (Å²) in [4.78, 5) is 24.6. The van der Waals surface area contributed by atoms with Gasteiger partial charge in [0, 0.05) is 37.3 Å². The van der Waals surface area contributed by atoms with Gasteiger partial charge in [-0.15, -0.1) is 0 Å². The molecular weight excluding hydrogens is 377 g/mol. The lowest BCUT2D eigenvalue weighted by Crippen LogP contribution is -2.49. The molecule has 2 heterocycles. The molecule has 26 heavy (non-hydrogen) atoms. The Hall–Kier alpha value is -2.09. The van der Waals surface area contributed by atoms with E-state index in [1.165, 1.54) is 7.11 Å². The van der Waals surface area contributed by atoms with Crippen LogP contribution in [0.15, 0.2) is 30.3 Å². The molecule has 1 atom stereocenters. The van der Waals surface area contributed by atoms with E-state index in [1.54, 1.807) is 12.1 Å². The SMILES string of the molecule is COC(=O)[C@H](c1ccccc1Cl)N1CCN(c2cc(Cl)nc(N)n2)CC1. The number of ether oxygens (including phenoxy) is 1. The minimum atomic E-state index is -0.546. The summed E-state index contributed by atoms with van der Waals surface area (Å²) >= 11 is 12.3. The Balaban J connectivity index is 1.78. The third kappa shape index (κ3) is 4.00. The van der Waals surface area contributed by atoms with Crippen molar-refractivity contribution in [3.05, 3.63) is 46.1 Å². The number of hydrogen-bond acceptors (Lipinski definition) is 7. The molecule has 0 bridgehead atoms. The van der Waals surface area contributed by atoms with E-state index >= 15 is 0 Å². The molecule has 138 valence electrons. The van der Waals surface area contributed by atoms with Crippen molar-refractivity contribution in [1.82, 2.24) is 14.9 Å². The van der Waals surface area contributed by atoms with Crippen LogP contribution in [0.5, 0.6) is 0 Å². The highest BCUT2D eigenvalue weighted by atomic mass is 35.5. The van der Waals surface area contributed by atoms with Crippen LogP contribution in [0.2, 0.25) is 10.2 Å². The van der Waals surface area contributed by atoms with Gasteiger partial charge >= 0.3 is 5.97 Å². The van der Waals surface area contributed by atoms with E-state index in [2.05, 4.69) is 19.8 Å². The van der Waals surface area contributed by atoms with E-state index in [1.807, 2.05) is 18.2 Å². The van der Waals surface area contributed by atoms with E-state index in [0.717, 1.165) is 5.56 Å². The molecule has 3 rings (SSSR count). The summed E-state index contributed by atoms with van der Waals surface area (Å²) < 4.78 is 5.01. The second kappa shape index (κ2) is 8.07. The van der Waals surface area contributed by atoms with Gasteiger partial charge in [0.15, 0.2) is 0 Å². The number of hydrogen-bond donors (Lipinski definition) is 1. The fourth-order valence-corrected chi connectivity index (χ4v) is 3.50. The van der Waals surface area contributed by atoms with E-state index in [0.29, 0.717) is 42.2 Å². The predicted molar refractivity (Wildman–Crippen MR) is 101 cm³/mol. The molecule has 9 heteroatoms. The number of halogens is 2. The summed E-state index contributed by atoms with van der Waals surface area (Å²) in [5, 5.41) is 0.846. The Morgan fingerprint density at radius 2 is 1.88 bits per heavy atom. The highest BCUT2D eigenvalue weighted by Gasteiger charge is 2.32. The van der Waals surface area contributed by atoms with Crippen LogP contribution in [-0.2, 0) is 9.53 Å².